The molecule has 0 bridgehead atoms. The molecule has 0 saturated carbocycles. The number of halogens is 1. The molecule has 1 rings (SSSR count). The molecule has 0 aliphatic heterocycles. The predicted molar refractivity (Wildman–Crippen MR) is 65.7 cm³/mol. The number of nitriles is 1. The third-order valence-electron chi connectivity index (χ3n) is 1.82. The number of benzene rings is 1. The number of alkyl halides is 1. The fourth-order valence-electron chi connectivity index (χ4n) is 1.07. The van der Waals surface area contributed by atoms with Gasteiger partial charge in [0, 0.05) is 0 Å². The van der Waals surface area contributed by atoms with E-state index in [0.717, 1.165) is 0 Å². The Bertz CT molecular complexity index is 477. The molecule has 0 spiro atoms. The molecule has 5 heteroatoms. The van der Waals surface area contributed by atoms with Crippen molar-refractivity contribution in [1.82, 2.24) is 0 Å². The predicted octanol–water partition coefficient (Wildman–Crippen LogP) is 2.39. The highest BCUT2D eigenvalue weighted by atomic mass is 79.9. The van der Waals surface area contributed by atoms with Crippen LogP contribution in [0.25, 0.3) is 0 Å². The van der Waals surface area contributed by atoms with Crippen molar-refractivity contribution in [3.05, 3.63) is 41.7 Å². The molecule has 0 N–H and O–H groups in total. The maximum Gasteiger partial charge on any atom is 0.333 e. The first-order valence-electron chi connectivity index (χ1n) is 4.72. The number of ether oxygens (including phenoxy) is 2. The van der Waals surface area contributed by atoms with Crippen molar-refractivity contribution in [1.29, 1.82) is 5.26 Å². The van der Waals surface area contributed by atoms with Crippen LogP contribution in [0.3, 0.4) is 0 Å². The van der Waals surface area contributed by atoms with Crippen molar-refractivity contribution < 1.29 is 14.3 Å². The first-order chi connectivity index (χ1) is 8.19. The number of hydrogen-bond acceptors (Lipinski definition) is 4. The van der Waals surface area contributed by atoms with Crippen LogP contribution < -0.4 is 4.74 Å². The van der Waals surface area contributed by atoms with Crippen molar-refractivity contribution in [3.8, 4) is 11.8 Å². The summed E-state index contributed by atoms with van der Waals surface area (Å²) < 4.78 is 9.94. The van der Waals surface area contributed by atoms with Crippen LogP contribution in [0.15, 0.2) is 36.1 Å². The average Bonchev–Trinajstić information content (AvgIpc) is 2.37. The zero-order valence-corrected chi connectivity index (χ0v) is 10.7. The Hall–Kier alpha value is -1.80. The number of rotatable bonds is 4. The summed E-state index contributed by atoms with van der Waals surface area (Å²) in [5.41, 5.74) is 0.495. The van der Waals surface area contributed by atoms with E-state index in [1.54, 1.807) is 24.3 Å². The van der Waals surface area contributed by atoms with Gasteiger partial charge in [0.05, 0.1) is 30.1 Å². The van der Waals surface area contributed by atoms with Crippen molar-refractivity contribution in [2.45, 2.75) is 0 Å². The molecule has 0 aliphatic rings. The van der Waals surface area contributed by atoms with E-state index in [1.807, 2.05) is 6.07 Å². The number of carbonyl (C=O) groups is 1. The summed E-state index contributed by atoms with van der Waals surface area (Å²) in [6, 6.07) is 8.68. The number of hydrogen-bond donors (Lipinski definition) is 0. The summed E-state index contributed by atoms with van der Waals surface area (Å²) >= 11 is 3.20. The van der Waals surface area contributed by atoms with Crippen LogP contribution in [0.5, 0.6) is 5.75 Å². The van der Waals surface area contributed by atoms with E-state index in [9.17, 15) is 4.79 Å². The number of methoxy groups -OCH3 is 1. The molecule has 0 heterocycles. The van der Waals surface area contributed by atoms with Gasteiger partial charge in [0.1, 0.15) is 11.5 Å². The van der Waals surface area contributed by atoms with Gasteiger partial charge in [-0.2, -0.15) is 5.26 Å². The molecule has 1 aromatic carbocycles. The van der Waals surface area contributed by atoms with Gasteiger partial charge in [-0.25, -0.2) is 4.79 Å². The molecule has 0 amide bonds. The summed E-state index contributed by atoms with van der Waals surface area (Å²) in [6.45, 7) is 0. The summed E-state index contributed by atoms with van der Waals surface area (Å²) in [6.07, 6.45) is 1.24. The van der Waals surface area contributed by atoms with E-state index >= 15 is 0 Å². The third kappa shape index (κ3) is 4.29. The Labute approximate surface area is 108 Å². The summed E-state index contributed by atoms with van der Waals surface area (Å²) in [5.74, 6) is 0.418. The second-order valence-corrected chi connectivity index (χ2v) is 3.57. The zero-order chi connectivity index (χ0) is 12.7. The van der Waals surface area contributed by atoms with Gasteiger partial charge >= 0.3 is 5.97 Å². The lowest BCUT2D eigenvalue weighted by Crippen LogP contribution is -2.03. The zero-order valence-electron chi connectivity index (χ0n) is 9.14. The lowest BCUT2D eigenvalue weighted by Gasteiger charge is -2.07. The van der Waals surface area contributed by atoms with Crippen LogP contribution in [-0.2, 0) is 9.53 Å². The minimum Gasteiger partial charge on any atom is -0.466 e. The number of allylic oxidation sites excluding steroid dienone is 1. The minimum absolute atomic E-state index is 0.374. The molecule has 0 saturated heterocycles. The second-order valence-electron chi connectivity index (χ2n) is 3.01. The van der Waals surface area contributed by atoms with Crippen molar-refractivity contribution in [2.75, 3.05) is 12.4 Å². The largest absolute Gasteiger partial charge is 0.466 e. The van der Waals surface area contributed by atoms with Gasteiger partial charge in [0.2, 0.25) is 0 Å². The number of carbonyl (C=O) groups excluding carboxylic acids is 1. The van der Waals surface area contributed by atoms with E-state index < -0.39 is 5.97 Å². The Morgan fingerprint density at radius 1 is 1.59 bits per heavy atom. The fourth-order valence-corrected chi connectivity index (χ4v) is 1.34. The van der Waals surface area contributed by atoms with Crippen molar-refractivity contribution in [3.63, 3.8) is 0 Å². The van der Waals surface area contributed by atoms with Crippen LogP contribution in [0.2, 0.25) is 0 Å². The molecule has 0 aliphatic carbocycles. The minimum atomic E-state index is -0.490. The topological polar surface area (TPSA) is 59.3 Å². The third-order valence-corrected chi connectivity index (χ3v) is 2.38. The SMILES string of the molecule is COC(=O)C=C(CBr)Oc1cccc(C#N)c1. The van der Waals surface area contributed by atoms with Gasteiger partial charge in [0.25, 0.3) is 0 Å². The molecular formula is C12H10BrNO3. The second kappa shape index (κ2) is 6.71. The molecular weight excluding hydrogens is 286 g/mol. The maximum absolute atomic E-state index is 11.0. The quantitative estimate of drug-likeness (QED) is 0.370. The molecule has 0 fully saturated rings. The van der Waals surface area contributed by atoms with E-state index in [0.29, 0.717) is 22.4 Å². The van der Waals surface area contributed by atoms with E-state index in [2.05, 4.69) is 20.7 Å². The van der Waals surface area contributed by atoms with Gasteiger partial charge in [-0.1, -0.05) is 22.0 Å². The Balaban J connectivity index is 2.84. The van der Waals surface area contributed by atoms with Crippen LogP contribution >= 0.6 is 15.9 Å². The van der Waals surface area contributed by atoms with Crippen LogP contribution in [0, 0.1) is 11.3 Å². The monoisotopic (exact) mass is 295 g/mol. The van der Waals surface area contributed by atoms with Gasteiger partial charge in [-0.05, 0) is 18.2 Å². The van der Waals surface area contributed by atoms with Gasteiger partial charge in [0.15, 0.2) is 0 Å². The first-order valence-corrected chi connectivity index (χ1v) is 5.84. The highest BCUT2D eigenvalue weighted by molar-refractivity contribution is 9.09. The van der Waals surface area contributed by atoms with E-state index in [-0.39, 0.29) is 0 Å². The van der Waals surface area contributed by atoms with Gasteiger partial charge < -0.3 is 9.47 Å². The molecule has 4 nitrogen and oxygen atoms in total. The summed E-state index contributed by atoms with van der Waals surface area (Å²) in [7, 11) is 1.29. The normalized spacial score (nSPS) is 10.5. The highest BCUT2D eigenvalue weighted by Crippen LogP contribution is 2.16. The molecule has 1 aromatic rings. The fraction of sp³-hybridized carbons (Fsp3) is 0.167. The lowest BCUT2D eigenvalue weighted by molar-refractivity contribution is -0.135. The smallest absolute Gasteiger partial charge is 0.333 e. The van der Waals surface area contributed by atoms with E-state index in [4.69, 9.17) is 10.00 Å². The van der Waals surface area contributed by atoms with Crippen molar-refractivity contribution >= 4 is 21.9 Å². The highest BCUT2D eigenvalue weighted by Gasteiger charge is 2.04. The summed E-state index contributed by atoms with van der Waals surface area (Å²) in [4.78, 5) is 11.0. The molecule has 0 aromatic heterocycles. The lowest BCUT2D eigenvalue weighted by atomic mass is 10.2. The molecule has 0 radical (unpaired) electrons. The summed E-state index contributed by atoms with van der Waals surface area (Å²) in [5, 5.41) is 9.11. The molecule has 0 atom stereocenters. The van der Waals surface area contributed by atoms with Crippen molar-refractivity contribution in [2.24, 2.45) is 0 Å². The van der Waals surface area contributed by atoms with Crippen LogP contribution in [0.1, 0.15) is 5.56 Å². The molecule has 17 heavy (non-hydrogen) atoms. The first kappa shape index (κ1) is 13.3. The molecule has 0 unspecified atom stereocenters. The maximum atomic E-state index is 11.0. The van der Waals surface area contributed by atoms with Crippen LogP contribution in [-0.4, -0.2) is 18.4 Å². The van der Waals surface area contributed by atoms with Gasteiger partial charge in [-0.15, -0.1) is 0 Å². The molecule has 88 valence electrons. The Kier molecular flexibility index (Phi) is 5.24. The van der Waals surface area contributed by atoms with Gasteiger partial charge in [-0.3, -0.25) is 0 Å². The van der Waals surface area contributed by atoms with Crippen LogP contribution in [0.4, 0.5) is 0 Å². The number of nitrogens with zero attached hydrogens (tertiary/aromatic N) is 1. The Morgan fingerprint density at radius 3 is 2.94 bits per heavy atom. The van der Waals surface area contributed by atoms with E-state index in [1.165, 1.54) is 13.2 Å². The standard InChI is InChI=1S/C12H10BrNO3/c1-16-12(15)6-11(7-13)17-10-4-2-3-9(5-10)8-14/h2-6H,7H2,1H3. The number of esters is 1. The average molecular weight is 296 g/mol. The Morgan fingerprint density at radius 2 is 2.35 bits per heavy atom.